The topological polar surface area (TPSA) is 69.6 Å². The zero-order valence-corrected chi connectivity index (χ0v) is 12.7. The minimum absolute atomic E-state index is 0.0557. The Hall–Kier alpha value is -2.04. The molecule has 2 rings (SSSR count). The van der Waals surface area contributed by atoms with Gasteiger partial charge in [0.1, 0.15) is 17.8 Å². The molecule has 0 aromatic heterocycles. The summed E-state index contributed by atoms with van der Waals surface area (Å²) >= 11 is 0. The van der Waals surface area contributed by atoms with Crippen molar-refractivity contribution in [2.24, 2.45) is 5.92 Å². The van der Waals surface area contributed by atoms with Gasteiger partial charge in [-0.15, -0.1) is 0 Å². The molecule has 5 nitrogen and oxygen atoms in total. The van der Waals surface area contributed by atoms with E-state index in [2.05, 4.69) is 5.32 Å². The lowest BCUT2D eigenvalue weighted by atomic mass is 9.94. The smallest absolute Gasteiger partial charge is 0.246 e. The molecule has 1 saturated heterocycles. The van der Waals surface area contributed by atoms with Gasteiger partial charge in [-0.2, -0.15) is 0 Å². The molecule has 1 aromatic carbocycles. The summed E-state index contributed by atoms with van der Waals surface area (Å²) in [5.41, 5.74) is 0.813. The second-order valence-corrected chi connectivity index (χ2v) is 5.68. The van der Waals surface area contributed by atoms with E-state index in [9.17, 15) is 14.7 Å². The number of hydrogen-bond acceptors (Lipinski definition) is 3. The summed E-state index contributed by atoms with van der Waals surface area (Å²) in [4.78, 5) is 26.3. The van der Waals surface area contributed by atoms with Crippen LogP contribution in [0.4, 0.5) is 0 Å². The lowest BCUT2D eigenvalue weighted by molar-refractivity contribution is -0.150. The average Bonchev–Trinajstić information content (AvgIpc) is 2.46. The Morgan fingerprint density at radius 1 is 1.38 bits per heavy atom. The van der Waals surface area contributed by atoms with Gasteiger partial charge in [-0.25, -0.2) is 0 Å². The summed E-state index contributed by atoms with van der Waals surface area (Å²) in [6.45, 7) is 6.02. The third-order valence-corrected chi connectivity index (χ3v) is 4.17. The Morgan fingerprint density at radius 3 is 2.71 bits per heavy atom. The van der Waals surface area contributed by atoms with Gasteiger partial charge in [0.15, 0.2) is 0 Å². The van der Waals surface area contributed by atoms with Gasteiger partial charge in [-0.1, -0.05) is 32.4 Å². The van der Waals surface area contributed by atoms with Crippen molar-refractivity contribution >= 4 is 11.8 Å². The highest BCUT2D eigenvalue weighted by molar-refractivity contribution is 5.96. The predicted molar refractivity (Wildman–Crippen MR) is 79.5 cm³/mol. The Morgan fingerprint density at radius 2 is 2.10 bits per heavy atom. The molecule has 0 radical (unpaired) electrons. The molecule has 0 saturated carbocycles. The van der Waals surface area contributed by atoms with Crippen LogP contribution in [-0.4, -0.2) is 33.9 Å². The van der Waals surface area contributed by atoms with Gasteiger partial charge in [0.25, 0.3) is 0 Å². The zero-order valence-electron chi connectivity index (χ0n) is 12.7. The summed E-state index contributed by atoms with van der Waals surface area (Å²) in [7, 11) is 0. The quantitative estimate of drug-likeness (QED) is 0.886. The highest BCUT2D eigenvalue weighted by atomic mass is 16.3. The maximum atomic E-state index is 12.6. The van der Waals surface area contributed by atoms with Gasteiger partial charge < -0.3 is 15.3 Å². The molecule has 1 aliphatic heterocycles. The summed E-state index contributed by atoms with van der Waals surface area (Å²) < 4.78 is 0. The molecule has 1 fully saturated rings. The molecular formula is C16H22N2O3. The van der Waals surface area contributed by atoms with E-state index >= 15 is 0 Å². The fourth-order valence-electron chi connectivity index (χ4n) is 2.53. The van der Waals surface area contributed by atoms with Gasteiger partial charge in [0.05, 0.1) is 0 Å². The Kier molecular flexibility index (Phi) is 4.50. The standard InChI is InChI=1S/C16H22N2O3/c1-4-10(2)14-16(21)18(11(3)15(20)17-14)9-12-6-5-7-13(19)8-12/h5-8,10-11,14,19H,4,9H2,1-3H3,(H,17,20). The van der Waals surface area contributed by atoms with Crippen molar-refractivity contribution in [2.45, 2.75) is 45.8 Å². The van der Waals surface area contributed by atoms with E-state index in [0.29, 0.717) is 6.54 Å². The van der Waals surface area contributed by atoms with Crippen LogP contribution >= 0.6 is 0 Å². The molecule has 21 heavy (non-hydrogen) atoms. The van der Waals surface area contributed by atoms with Crippen LogP contribution in [-0.2, 0) is 16.1 Å². The number of nitrogens with zero attached hydrogens (tertiary/aromatic N) is 1. The summed E-state index contributed by atoms with van der Waals surface area (Å²) in [5, 5.41) is 12.3. The van der Waals surface area contributed by atoms with E-state index in [1.807, 2.05) is 19.9 Å². The first-order valence-electron chi connectivity index (χ1n) is 7.32. The van der Waals surface area contributed by atoms with E-state index < -0.39 is 12.1 Å². The SMILES string of the molecule is CCC(C)C1NC(=O)C(C)N(Cc2cccc(O)c2)C1=O. The number of phenols is 1. The number of aromatic hydroxyl groups is 1. The van der Waals surface area contributed by atoms with Crippen LogP contribution in [0, 0.1) is 5.92 Å². The molecule has 0 bridgehead atoms. The number of amides is 2. The van der Waals surface area contributed by atoms with Gasteiger partial charge in [-0.05, 0) is 30.5 Å². The molecule has 2 amide bonds. The van der Waals surface area contributed by atoms with Crippen LogP contribution in [0.3, 0.4) is 0 Å². The minimum atomic E-state index is -0.500. The fourth-order valence-corrected chi connectivity index (χ4v) is 2.53. The number of nitrogens with one attached hydrogen (secondary N) is 1. The van der Waals surface area contributed by atoms with Gasteiger partial charge >= 0.3 is 0 Å². The van der Waals surface area contributed by atoms with Crippen molar-refractivity contribution in [3.05, 3.63) is 29.8 Å². The lowest BCUT2D eigenvalue weighted by Gasteiger charge is -2.39. The number of benzene rings is 1. The molecule has 1 aliphatic rings. The van der Waals surface area contributed by atoms with Gasteiger partial charge in [0, 0.05) is 6.54 Å². The largest absolute Gasteiger partial charge is 0.508 e. The third kappa shape index (κ3) is 3.17. The molecule has 1 aromatic rings. The van der Waals surface area contributed by atoms with Crippen molar-refractivity contribution in [1.82, 2.24) is 10.2 Å². The first kappa shape index (κ1) is 15.4. The molecule has 114 valence electrons. The number of carbonyl (C=O) groups excluding carboxylic acids is 2. The van der Waals surface area contributed by atoms with Crippen LogP contribution in [0.2, 0.25) is 0 Å². The Labute approximate surface area is 125 Å². The lowest BCUT2D eigenvalue weighted by Crippen LogP contribution is -2.63. The second-order valence-electron chi connectivity index (χ2n) is 5.68. The monoisotopic (exact) mass is 290 g/mol. The molecular weight excluding hydrogens is 268 g/mol. The first-order chi connectivity index (χ1) is 9.93. The summed E-state index contributed by atoms with van der Waals surface area (Å²) in [6.07, 6.45) is 0.824. The van der Waals surface area contributed by atoms with E-state index in [4.69, 9.17) is 0 Å². The van der Waals surface area contributed by atoms with Crippen LogP contribution in [0.15, 0.2) is 24.3 Å². The van der Waals surface area contributed by atoms with Crippen molar-refractivity contribution in [1.29, 1.82) is 0 Å². The Bertz CT molecular complexity index is 544. The zero-order chi connectivity index (χ0) is 15.6. The van der Waals surface area contributed by atoms with E-state index in [-0.39, 0.29) is 23.5 Å². The highest BCUT2D eigenvalue weighted by Crippen LogP contribution is 2.21. The highest BCUT2D eigenvalue weighted by Gasteiger charge is 2.39. The van der Waals surface area contributed by atoms with Crippen LogP contribution < -0.4 is 5.32 Å². The molecule has 3 atom stereocenters. The van der Waals surface area contributed by atoms with Gasteiger partial charge in [0.2, 0.25) is 11.8 Å². The summed E-state index contributed by atoms with van der Waals surface area (Å²) in [5.74, 6) is 0.0769. The fraction of sp³-hybridized carbons (Fsp3) is 0.500. The van der Waals surface area contributed by atoms with Crippen molar-refractivity contribution < 1.29 is 14.7 Å². The first-order valence-corrected chi connectivity index (χ1v) is 7.32. The van der Waals surface area contributed by atoms with E-state index in [1.165, 1.54) is 0 Å². The summed E-state index contributed by atoms with van der Waals surface area (Å²) in [6, 6.07) is 5.81. The van der Waals surface area contributed by atoms with Crippen LogP contribution in [0.25, 0.3) is 0 Å². The number of phenolic OH excluding ortho intramolecular Hbond substituents is 1. The van der Waals surface area contributed by atoms with Crippen molar-refractivity contribution in [3.8, 4) is 5.75 Å². The molecule has 1 heterocycles. The van der Waals surface area contributed by atoms with E-state index in [1.54, 1.807) is 30.0 Å². The molecule has 5 heteroatoms. The Balaban J connectivity index is 2.22. The van der Waals surface area contributed by atoms with Crippen LogP contribution in [0.5, 0.6) is 5.75 Å². The molecule has 0 aliphatic carbocycles. The van der Waals surface area contributed by atoms with Crippen molar-refractivity contribution in [2.75, 3.05) is 0 Å². The number of hydrogen-bond donors (Lipinski definition) is 2. The normalized spacial score (nSPS) is 23.9. The number of rotatable bonds is 4. The van der Waals surface area contributed by atoms with Gasteiger partial charge in [-0.3, -0.25) is 9.59 Å². The number of piperazine rings is 1. The second kappa shape index (κ2) is 6.16. The average molecular weight is 290 g/mol. The third-order valence-electron chi connectivity index (χ3n) is 4.17. The minimum Gasteiger partial charge on any atom is -0.508 e. The maximum Gasteiger partial charge on any atom is 0.246 e. The van der Waals surface area contributed by atoms with Crippen LogP contribution in [0.1, 0.15) is 32.8 Å². The maximum absolute atomic E-state index is 12.6. The molecule has 2 N–H and O–H groups in total. The van der Waals surface area contributed by atoms with Crippen molar-refractivity contribution in [3.63, 3.8) is 0 Å². The number of carbonyl (C=O) groups is 2. The predicted octanol–water partition coefficient (Wildman–Crippen LogP) is 1.65. The molecule has 3 unspecified atom stereocenters. The van der Waals surface area contributed by atoms with E-state index in [0.717, 1.165) is 12.0 Å². The molecule has 0 spiro atoms.